The third-order valence-electron chi connectivity index (χ3n) is 2.06. The Labute approximate surface area is 90.4 Å². The molecule has 0 fully saturated rings. The molecule has 0 saturated heterocycles. The number of nitrogens with one attached hydrogen (secondary N) is 1. The van der Waals surface area contributed by atoms with Crippen molar-refractivity contribution in [2.24, 2.45) is 0 Å². The van der Waals surface area contributed by atoms with E-state index in [-0.39, 0.29) is 5.56 Å². The summed E-state index contributed by atoms with van der Waals surface area (Å²) in [6, 6.07) is 6.88. The van der Waals surface area contributed by atoms with Gasteiger partial charge in [-0.1, -0.05) is 12.1 Å². The Bertz CT molecular complexity index is 591. The molecular formula is C10H9N3O3. The smallest absolute Gasteiger partial charge is 0.426 e. The van der Waals surface area contributed by atoms with Crippen molar-refractivity contribution in [3.05, 3.63) is 40.9 Å². The highest BCUT2D eigenvalue weighted by Crippen LogP contribution is 2.03. The lowest BCUT2D eigenvalue weighted by atomic mass is 10.2. The molecule has 0 bridgehead atoms. The standard InChI is InChI=1S/C10H9N3O3/c1-16-10(15)12-13-6-11-8-5-3-2-4-7(8)9(13)14/h2-6H,1H3,(H,12,15). The lowest BCUT2D eigenvalue weighted by Crippen LogP contribution is -2.33. The van der Waals surface area contributed by atoms with Gasteiger partial charge in [-0.2, -0.15) is 0 Å². The number of aromatic nitrogens is 2. The first-order chi connectivity index (χ1) is 7.72. The number of para-hydroxylation sites is 1. The Kier molecular flexibility index (Phi) is 2.55. The van der Waals surface area contributed by atoms with E-state index in [9.17, 15) is 9.59 Å². The number of rotatable bonds is 1. The molecule has 0 aliphatic rings. The van der Waals surface area contributed by atoms with Crippen LogP contribution < -0.4 is 11.0 Å². The summed E-state index contributed by atoms with van der Waals surface area (Å²) in [5, 5.41) is 0.432. The number of nitrogens with zero attached hydrogens (tertiary/aromatic N) is 2. The third kappa shape index (κ3) is 1.72. The molecule has 1 heterocycles. The Morgan fingerprint density at radius 3 is 2.94 bits per heavy atom. The quantitative estimate of drug-likeness (QED) is 0.766. The van der Waals surface area contributed by atoms with Gasteiger partial charge in [0.2, 0.25) is 0 Å². The lowest BCUT2D eigenvalue weighted by Gasteiger charge is -2.06. The minimum Gasteiger partial charge on any atom is -0.452 e. The maximum atomic E-state index is 11.8. The molecule has 1 N–H and O–H groups in total. The van der Waals surface area contributed by atoms with E-state index >= 15 is 0 Å². The van der Waals surface area contributed by atoms with E-state index in [0.717, 1.165) is 4.68 Å². The summed E-state index contributed by atoms with van der Waals surface area (Å²) in [7, 11) is 1.22. The third-order valence-corrected chi connectivity index (χ3v) is 2.06. The van der Waals surface area contributed by atoms with Crippen LogP contribution >= 0.6 is 0 Å². The molecule has 0 saturated carbocycles. The van der Waals surface area contributed by atoms with Crippen LogP contribution in [-0.4, -0.2) is 22.9 Å². The van der Waals surface area contributed by atoms with Gasteiger partial charge in [0.1, 0.15) is 6.33 Å². The minimum atomic E-state index is -0.723. The molecule has 16 heavy (non-hydrogen) atoms. The number of amides is 1. The van der Waals surface area contributed by atoms with Crippen molar-refractivity contribution in [3.63, 3.8) is 0 Å². The van der Waals surface area contributed by atoms with E-state index in [1.54, 1.807) is 24.3 Å². The van der Waals surface area contributed by atoms with Gasteiger partial charge in [0, 0.05) is 0 Å². The summed E-state index contributed by atoms with van der Waals surface area (Å²) in [5.74, 6) is 0. The molecule has 2 rings (SSSR count). The van der Waals surface area contributed by atoms with Crippen molar-refractivity contribution in [2.75, 3.05) is 12.5 Å². The fourth-order valence-electron chi connectivity index (χ4n) is 1.29. The second kappa shape index (κ2) is 4.01. The first-order valence-electron chi connectivity index (χ1n) is 4.54. The van der Waals surface area contributed by atoms with Crippen molar-refractivity contribution in [1.82, 2.24) is 9.66 Å². The Hall–Kier alpha value is -2.37. The zero-order valence-corrected chi connectivity index (χ0v) is 8.51. The van der Waals surface area contributed by atoms with Crippen molar-refractivity contribution in [3.8, 4) is 0 Å². The van der Waals surface area contributed by atoms with E-state index in [1.165, 1.54) is 13.4 Å². The Morgan fingerprint density at radius 1 is 1.44 bits per heavy atom. The van der Waals surface area contributed by atoms with Gasteiger partial charge in [-0.25, -0.2) is 19.9 Å². The highest BCUT2D eigenvalue weighted by molar-refractivity contribution is 5.79. The van der Waals surface area contributed by atoms with Crippen LogP contribution in [-0.2, 0) is 4.74 Å². The summed E-state index contributed by atoms with van der Waals surface area (Å²) in [6.45, 7) is 0. The largest absolute Gasteiger partial charge is 0.452 e. The molecule has 0 aliphatic carbocycles. The topological polar surface area (TPSA) is 73.2 Å². The first-order valence-corrected chi connectivity index (χ1v) is 4.54. The fraction of sp³-hybridized carbons (Fsp3) is 0.100. The van der Waals surface area contributed by atoms with Crippen molar-refractivity contribution in [1.29, 1.82) is 0 Å². The molecule has 6 nitrogen and oxygen atoms in total. The Morgan fingerprint density at radius 2 is 2.19 bits per heavy atom. The molecule has 0 radical (unpaired) electrons. The van der Waals surface area contributed by atoms with Crippen LogP contribution in [0, 0.1) is 0 Å². The van der Waals surface area contributed by atoms with E-state index in [4.69, 9.17) is 0 Å². The lowest BCUT2D eigenvalue weighted by molar-refractivity contribution is 0.183. The molecule has 0 spiro atoms. The van der Waals surface area contributed by atoms with Gasteiger partial charge < -0.3 is 4.74 Å². The molecule has 82 valence electrons. The van der Waals surface area contributed by atoms with Crippen LogP contribution in [0.3, 0.4) is 0 Å². The zero-order chi connectivity index (χ0) is 11.5. The predicted octanol–water partition coefficient (Wildman–Crippen LogP) is 0.706. The van der Waals surface area contributed by atoms with E-state index in [2.05, 4.69) is 15.1 Å². The molecule has 6 heteroatoms. The molecule has 1 aromatic carbocycles. The second-order valence-corrected chi connectivity index (χ2v) is 3.04. The number of carbonyl (C=O) groups is 1. The van der Waals surface area contributed by atoms with Crippen LogP contribution in [0.25, 0.3) is 10.9 Å². The molecule has 0 unspecified atom stereocenters. The highest BCUT2D eigenvalue weighted by Gasteiger charge is 2.05. The van der Waals surface area contributed by atoms with Crippen molar-refractivity contribution >= 4 is 17.0 Å². The normalized spacial score (nSPS) is 10.1. The number of hydrogen-bond donors (Lipinski definition) is 1. The first kappa shape index (κ1) is 10.2. The van der Waals surface area contributed by atoms with Gasteiger partial charge in [-0.3, -0.25) is 4.79 Å². The van der Waals surface area contributed by atoms with Crippen LogP contribution in [0.1, 0.15) is 0 Å². The molecule has 1 aromatic heterocycles. The molecule has 0 atom stereocenters. The second-order valence-electron chi connectivity index (χ2n) is 3.04. The fourth-order valence-corrected chi connectivity index (χ4v) is 1.29. The van der Waals surface area contributed by atoms with Gasteiger partial charge in [0.05, 0.1) is 18.0 Å². The number of methoxy groups -OCH3 is 1. The average Bonchev–Trinajstić information content (AvgIpc) is 2.33. The van der Waals surface area contributed by atoms with Crippen LogP contribution in [0.15, 0.2) is 35.4 Å². The predicted molar refractivity (Wildman–Crippen MR) is 57.8 cm³/mol. The van der Waals surface area contributed by atoms with E-state index < -0.39 is 6.09 Å². The zero-order valence-electron chi connectivity index (χ0n) is 8.51. The monoisotopic (exact) mass is 219 g/mol. The number of ether oxygens (including phenoxy) is 1. The van der Waals surface area contributed by atoms with Gasteiger partial charge in [-0.05, 0) is 12.1 Å². The summed E-state index contributed by atoms with van der Waals surface area (Å²) >= 11 is 0. The highest BCUT2D eigenvalue weighted by atomic mass is 16.5. The molecule has 0 aliphatic heterocycles. The molecular weight excluding hydrogens is 210 g/mol. The molecule has 1 amide bonds. The van der Waals surface area contributed by atoms with Crippen LogP contribution in [0.2, 0.25) is 0 Å². The van der Waals surface area contributed by atoms with E-state index in [1.807, 2.05) is 0 Å². The average molecular weight is 219 g/mol. The SMILES string of the molecule is COC(=O)Nn1cnc2ccccc2c1=O. The Balaban J connectivity index is 2.53. The van der Waals surface area contributed by atoms with Gasteiger partial charge in [0.25, 0.3) is 5.56 Å². The molecule has 2 aromatic rings. The summed E-state index contributed by atoms with van der Waals surface area (Å²) in [6.07, 6.45) is 0.515. The van der Waals surface area contributed by atoms with E-state index in [0.29, 0.717) is 10.9 Å². The number of fused-ring (bicyclic) bond motifs is 1. The van der Waals surface area contributed by atoms with Gasteiger partial charge >= 0.3 is 6.09 Å². The van der Waals surface area contributed by atoms with Crippen molar-refractivity contribution < 1.29 is 9.53 Å². The van der Waals surface area contributed by atoms with Crippen LogP contribution in [0.4, 0.5) is 4.79 Å². The van der Waals surface area contributed by atoms with Crippen molar-refractivity contribution in [2.45, 2.75) is 0 Å². The van der Waals surface area contributed by atoms with Gasteiger partial charge in [-0.15, -0.1) is 0 Å². The minimum absolute atomic E-state index is 0.351. The summed E-state index contributed by atoms with van der Waals surface area (Å²) in [5.41, 5.74) is 2.46. The maximum absolute atomic E-state index is 11.8. The van der Waals surface area contributed by atoms with Crippen LogP contribution in [0.5, 0.6) is 0 Å². The maximum Gasteiger partial charge on any atom is 0.426 e. The number of carbonyl (C=O) groups excluding carboxylic acids is 1. The summed E-state index contributed by atoms with van der Waals surface area (Å²) < 4.78 is 5.36. The summed E-state index contributed by atoms with van der Waals surface area (Å²) in [4.78, 5) is 26.8. The number of benzene rings is 1. The number of hydrogen-bond acceptors (Lipinski definition) is 4. The van der Waals surface area contributed by atoms with Gasteiger partial charge in [0.15, 0.2) is 0 Å².